The van der Waals surface area contributed by atoms with Gasteiger partial charge < -0.3 is 4.74 Å². The zero-order valence-electron chi connectivity index (χ0n) is 13.2. The number of ether oxygens (including phenoxy) is 1. The fraction of sp³-hybridized carbons (Fsp3) is 0.294. The summed E-state index contributed by atoms with van der Waals surface area (Å²) in [6.45, 7) is 2.50. The van der Waals surface area contributed by atoms with Crippen LogP contribution in [0.3, 0.4) is 0 Å². The van der Waals surface area contributed by atoms with Crippen LogP contribution in [0.15, 0.2) is 48.5 Å². The van der Waals surface area contributed by atoms with E-state index in [1.54, 1.807) is 0 Å². The van der Waals surface area contributed by atoms with Gasteiger partial charge in [-0.05, 0) is 36.8 Å². The maximum atomic E-state index is 12.9. The molecule has 0 aromatic heterocycles. The smallest absolute Gasteiger partial charge is 0.218 e. The first-order chi connectivity index (χ1) is 10.9. The number of nitrogens with zero attached hydrogens (tertiary/aromatic N) is 1. The highest BCUT2D eigenvalue weighted by Crippen LogP contribution is 2.13. The number of likely N-dealkylation sites (N-methyl/N-ethyl adjacent to an activating group) is 1. The van der Waals surface area contributed by atoms with Crippen molar-refractivity contribution in [2.75, 3.05) is 20.2 Å². The van der Waals surface area contributed by atoms with Crippen molar-refractivity contribution in [2.24, 2.45) is 0 Å². The predicted octanol–water partition coefficient (Wildman–Crippen LogP) is 2.97. The van der Waals surface area contributed by atoms with Crippen molar-refractivity contribution in [2.45, 2.75) is 12.7 Å². The van der Waals surface area contributed by atoms with E-state index in [0.29, 0.717) is 11.3 Å². The highest BCUT2D eigenvalue weighted by molar-refractivity contribution is 7.88. The molecule has 0 radical (unpaired) electrons. The number of hydrogen-bond donors (Lipinski definition) is 0. The molecule has 0 bridgehead atoms. The molecule has 0 N–H and O–H groups in total. The van der Waals surface area contributed by atoms with Crippen LogP contribution in [0, 0.1) is 12.7 Å². The minimum Gasteiger partial charge on any atom is -0.492 e. The van der Waals surface area contributed by atoms with Crippen LogP contribution in [0.1, 0.15) is 11.1 Å². The summed E-state index contributed by atoms with van der Waals surface area (Å²) < 4.78 is 44.1. The topological polar surface area (TPSA) is 46.6 Å². The van der Waals surface area contributed by atoms with Crippen LogP contribution in [-0.2, 0) is 15.8 Å². The Morgan fingerprint density at radius 1 is 1.04 bits per heavy atom. The molecule has 0 unspecified atom stereocenters. The summed E-state index contributed by atoms with van der Waals surface area (Å²) >= 11 is 0. The number of hydrogen-bond acceptors (Lipinski definition) is 3. The van der Waals surface area contributed by atoms with Gasteiger partial charge in [0.15, 0.2) is 0 Å². The quantitative estimate of drug-likeness (QED) is 0.780. The lowest BCUT2D eigenvalue weighted by Gasteiger charge is -2.17. The highest BCUT2D eigenvalue weighted by Gasteiger charge is 2.18. The first kappa shape index (κ1) is 17.4. The summed E-state index contributed by atoms with van der Waals surface area (Å²) in [4.78, 5) is 0. The van der Waals surface area contributed by atoms with E-state index in [4.69, 9.17) is 4.74 Å². The Hall–Kier alpha value is -1.92. The van der Waals surface area contributed by atoms with Crippen LogP contribution in [0.25, 0.3) is 0 Å². The fourth-order valence-electron chi connectivity index (χ4n) is 1.97. The van der Waals surface area contributed by atoms with Crippen molar-refractivity contribution in [3.8, 4) is 5.75 Å². The number of rotatable bonds is 7. The van der Waals surface area contributed by atoms with Gasteiger partial charge in [-0.2, -0.15) is 0 Å². The molecule has 6 heteroatoms. The average Bonchev–Trinajstić information content (AvgIpc) is 2.51. The van der Waals surface area contributed by atoms with E-state index >= 15 is 0 Å². The zero-order valence-corrected chi connectivity index (χ0v) is 14.0. The van der Waals surface area contributed by atoms with E-state index in [0.717, 1.165) is 5.56 Å². The molecular weight excluding hydrogens is 317 g/mol. The van der Waals surface area contributed by atoms with Crippen LogP contribution in [0.5, 0.6) is 5.75 Å². The normalized spacial score (nSPS) is 11.7. The lowest BCUT2D eigenvalue weighted by atomic mass is 10.2. The number of halogens is 1. The SMILES string of the molecule is Cc1ccc(OCCN(C)S(=O)(=O)Cc2ccc(F)cc2)cc1. The molecule has 0 aliphatic heterocycles. The van der Waals surface area contributed by atoms with E-state index in [-0.39, 0.29) is 24.7 Å². The Bertz CT molecular complexity index is 727. The Morgan fingerprint density at radius 2 is 1.65 bits per heavy atom. The van der Waals surface area contributed by atoms with Gasteiger partial charge in [-0.15, -0.1) is 0 Å². The average molecular weight is 337 g/mol. The molecule has 0 aliphatic carbocycles. The number of sulfonamides is 1. The summed E-state index contributed by atoms with van der Waals surface area (Å²) in [5.41, 5.74) is 1.69. The minimum atomic E-state index is -3.46. The van der Waals surface area contributed by atoms with E-state index < -0.39 is 10.0 Å². The number of benzene rings is 2. The summed E-state index contributed by atoms with van der Waals surface area (Å²) in [7, 11) is -1.95. The second kappa shape index (κ2) is 7.57. The van der Waals surface area contributed by atoms with Gasteiger partial charge in [0.25, 0.3) is 0 Å². The Morgan fingerprint density at radius 3 is 2.26 bits per heavy atom. The van der Waals surface area contributed by atoms with Crippen molar-refractivity contribution in [3.05, 3.63) is 65.5 Å². The maximum absolute atomic E-state index is 12.9. The zero-order chi connectivity index (χ0) is 16.9. The Kier molecular flexibility index (Phi) is 5.74. The first-order valence-electron chi connectivity index (χ1n) is 7.25. The molecule has 0 saturated heterocycles. The summed E-state index contributed by atoms with van der Waals surface area (Å²) in [5.74, 6) is 0.167. The largest absolute Gasteiger partial charge is 0.492 e. The van der Waals surface area contributed by atoms with E-state index in [1.807, 2.05) is 31.2 Å². The minimum absolute atomic E-state index is 0.158. The molecule has 2 rings (SSSR count). The van der Waals surface area contributed by atoms with Crippen molar-refractivity contribution >= 4 is 10.0 Å². The monoisotopic (exact) mass is 337 g/mol. The number of aryl methyl sites for hydroxylation is 1. The van der Waals surface area contributed by atoms with Crippen molar-refractivity contribution in [1.29, 1.82) is 0 Å². The molecule has 0 spiro atoms. The second-order valence-electron chi connectivity index (χ2n) is 5.37. The van der Waals surface area contributed by atoms with Gasteiger partial charge in [0.1, 0.15) is 18.2 Å². The molecule has 124 valence electrons. The second-order valence-corrected chi connectivity index (χ2v) is 7.44. The molecule has 2 aromatic carbocycles. The third-order valence-electron chi connectivity index (χ3n) is 3.43. The molecule has 0 saturated carbocycles. The summed E-state index contributed by atoms with van der Waals surface area (Å²) in [6, 6.07) is 13.0. The molecule has 0 atom stereocenters. The van der Waals surface area contributed by atoms with Crippen LogP contribution in [-0.4, -0.2) is 32.9 Å². The Labute approximate surface area is 136 Å². The van der Waals surface area contributed by atoms with Gasteiger partial charge in [-0.3, -0.25) is 0 Å². The Balaban J connectivity index is 1.87. The van der Waals surface area contributed by atoms with Gasteiger partial charge in [0.2, 0.25) is 10.0 Å². The summed E-state index contributed by atoms with van der Waals surface area (Å²) in [5, 5.41) is 0. The van der Waals surface area contributed by atoms with Crippen molar-refractivity contribution in [1.82, 2.24) is 4.31 Å². The van der Waals surface area contributed by atoms with Gasteiger partial charge >= 0.3 is 0 Å². The van der Waals surface area contributed by atoms with Crippen LogP contribution in [0.2, 0.25) is 0 Å². The molecule has 0 amide bonds. The fourth-order valence-corrected chi connectivity index (χ4v) is 3.15. The van der Waals surface area contributed by atoms with E-state index in [9.17, 15) is 12.8 Å². The molecule has 0 fully saturated rings. The predicted molar refractivity (Wildman–Crippen MR) is 88.3 cm³/mol. The van der Waals surface area contributed by atoms with Gasteiger partial charge in [0.05, 0.1) is 5.75 Å². The van der Waals surface area contributed by atoms with Crippen LogP contribution in [0.4, 0.5) is 4.39 Å². The molecule has 2 aromatic rings. The molecule has 0 aliphatic rings. The van der Waals surface area contributed by atoms with E-state index in [1.165, 1.54) is 35.6 Å². The third-order valence-corrected chi connectivity index (χ3v) is 5.26. The standard InChI is InChI=1S/C17H20FNO3S/c1-14-3-9-17(10-4-14)22-12-11-19(2)23(20,21)13-15-5-7-16(18)8-6-15/h3-10H,11-13H2,1-2H3. The van der Waals surface area contributed by atoms with Crippen LogP contribution < -0.4 is 4.74 Å². The first-order valence-corrected chi connectivity index (χ1v) is 8.86. The molecular formula is C17H20FNO3S. The van der Waals surface area contributed by atoms with Crippen molar-refractivity contribution in [3.63, 3.8) is 0 Å². The molecule has 23 heavy (non-hydrogen) atoms. The lowest BCUT2D eigenvalue weighted by Crippen LogP contribution is -2.32. The summed E-state index contributed by atoms with van der Waals surface area (Å²) in [6.07, 6.45) is 0. The van der Waals surface area contributed by atoms with Gasteiger partial charge in [-0.25, -0.2) is 17.1 Å². The van der Waals surface area contributed by atoms with Crippen molar-refractivity contribution < 1.29 is 17.5 Å². The lowest BCUT2D eigenvalue weighted by molar-refractivity contribution is 0.286. The highest BCUT2D eigenvalue weighted by atomic mass is 32.2. The molecule has 4 nitrogen and oxygen atoms in total. The maximum Gasteiger partial charge on any atom is 0.218 e. The van der Waals surface area contributed by atoms with E-state index in [2.05, 4.69) is 0 Å². The van der Waals surface area contributed by atoms with Crippen LogP contribution >= 0.6 is 0 Å². The molecule has 0 heterocycles. The van der Waals surface area contributed by atoms with Gasteiger partial charge in [0, 0.05) is 13.6 Å². The third kappa shape index (κ3) is 5.33. The van der Waals surface area contributed by atoms with Gasteiger partial charge in [-0.1, -0.05) is 29.8 Å².